The van der Waals surface area contributed by atoms with E-state index in [2.05, 4.69) is 10.6 Å². The molecule has 0 aliphatic heterocycles. The van der Waals surface area contributed by atoms with Crippen LogP contribution >= 0.6 is 0 Å². The van der Waals surface area contributed by atoms with Gasteiger partial charge >= 0.3 is 0 Å². The van der Waals surface area contributed by atoms with Gasteiger partial charge in [0.1, 0.15) is 6.04 Å². The quantitative estimate of drug-likeness (QED) is 0.628. The second-order valence-electron chi connectivity index (χ2n) is 8.15. The number of aryl methyl sites for hydroxylation is 1. The molecule has 0 aliphatic rings. The molecule has 0 fully saturated rings. The van der Waals surface area contributed by atoms with E-state index in [0.717, 1.165) is 11.3 Å². The van der Waals surface area contributed by atoms with Crippen LogP contribution in [0.25, 0.3) is 0 Å². The topological polar surface area (TPSA) is 122 Å². The van der Waals surface area contributed by atoms with Gasteiger partial charge in [-0.3, -0.25) is 19.2 Å². The molecule has 0 heterocycles. The van der Waals surface area contributed by atoms with E-state index in [4.69, 9.17) is 10.5 Å². The van der Waals surface area contributed by atoms with Gasteiger partial charge in [0.2, 0.25) is 24.1 Å². The Morgan fingerprint density at radius 3 is 1.87 bits per heavy atom. The number of carbonyl (C=O) groups is 4. The first kappa shape index (κ1) is 29.3. The third-order valence-electron chi connectivity index (χ3n) is 3.92. The lowest BCUT2D eigenvalue weighted by atomic mass is 9.86. The number of rotatable bonds is 5. The Morgan fingerprint density at radius 1 is 1.13 bits per heavy atom. The van der Waals surface area contributed by atoms with Crippen LogP contribution in [0, 0.1) is 18.3 Å². The normalized spacial score (nSPS) is 11.0. The van der Waals surface area contributed by atoms with E-state index in [0.29, 0.717) is 6.41 Å². The van der Waals surface area contributed by atoms with Gasteiger partial charge in [-0.05, 0) is 24.0 Å². The molecule has 1 aromatic rings. The molecule has 8 nitrogen and oxygen atoms in total. The highest BCUT2D eigenvalue weighted by molar-refractivity contribution is 5.94. The summed E-state index contributed by atoms with van der Waals surface area (Å²) in [5.74, 6) is -0.551. The van der Waals surface area contributed by atoms with Crippen molar-refractivity contribution in [3.8, 4) is 0 Å². The van der Waals surface area contributed by atoms with E-state index in [9.17, 15) is 14.4 Å². The van der Waals surface area contributed by atoms with E-state index >= 15 is 0 Å². The third kappa shape index (κ3) is 11.8. The molecule has 0 bridgehead atoms. The summed E-state index contributed by atoms with van der Waals surface area (Å²) in [5.41, 5.74) is 6.90. The predicted molar refractivity (Wildman–Crippen MR) is 121 cm³/mol. The zero-order valence-corrected chi connectivity index (χ0v) is 19.7. The summed E-state index contributed by atoms with van der Waals surface area (Å²) in [4.78, 5) is 44.1. The van der Waals surface area contributed by atoms with Crippen molar-refractivity contribution in [3.05, 3.63) is 29.8 Å². The van der Waals surface area contributed by atoms with E-state index < -0.39 is 11.9 Å². The van der Waals surface area contributed by atoms with Gasteiger partial charge in [0, 0.05) is 32.6 Å². The Morgan fingerprint density at radius 2 is 1.60 bits per heavy atom. The van der Waals surface area contributed by atoms with Crippen LogP contribution in [0.1, 0.15) is 47.1 Å². The number of nitrogens with one attached hydrogen (secondary N) is 2. The maximum atomic E-state index is 11.7. The molecule has 30 heavy (non-hydrogen) atoms. The first-order valence-electron chi connectivity index (χ1n) is 9.71. The molecule has 0 saturated carbocycles. The number of carbonyl (C=O) groups excluding carboxylic acids is 4. The second kappa shape index (κ2) is 14.1. The van der Waals surface area contributed by atoms with Crippen LogP contribution in [0.4, 0.5) is 5.69 Å². The number of nitrogens with two attached hydrogens (primary N) is 1. The number of amides is 4. The van der Waals surface area contributed by atoms with Gasteiger partial charge in [0.05, 0.1) is 0 Å². The van der Waals surface area contributed by atoms with Crippen molar-refractivity contribution in [2.45, 2.75) is 54.5 Å². The first-order valence-corrected chi connectivity index (χ1v) is 9.71. The Balaban J connectivity index is 0. The third-order valence-corrected chi connectivity index (χ3v) is 3.92. The van der Waals surface area contributed by atoms with Crippen LogP contribution in [0.15, 0.2) is 24.3 Å². The summed E-state index contributed by atoms with van der Waals surface area (Å²) in [6.07, 6.45) is 0.625. The molecule has 0 saturated heterocycles. The molecule has 1 atom stereocenters. The van der Waals surface area contributed by atoms with Crippen LogP contribution in [-0.4, -0.2) is 44.3 Å². The number of hydrogen-bond acceptors (Lipinski definition) is 4. The molecule has 1 rings (SSSR count). The Hall–Kier alpha value is -2.90. The van der Waals surface area contributed by atoms with Crippen molar-refractivity contribution in [2.75, 3.05) is 19.0 Å². The molecular weight excluding hydrogens is 384 g/mol. The van der Waals surface area contributed by atoms with Gasteiger partial charge in [0.25, 0.3) is 0 Å². The average Bonchev–Trinajstić information content (AvgIpc) is 2.64. The van der Waals surface area contributed by atoms with Crippen molar-refractivity contribution in [1.82, 2.24) is 10.6 Å². The number of hydrogen-bond donors (Lipinski definition) is 3. The molecule has 0 spiro atoms. The van der Waals surface area contributed by atoms with Gasteiger partial charge in [-0.2, -0.15) is 0 Å². The van der Waals surface area contributed by atoms with Crippen LogP contribution in [0.3, 0.4) is 0 Å². The predicted octanol–water partition coefficient (Wildman–Crippen LogP) is 2.00. The van der Waals surface area contributed by atoms with Crippen LogP contribution < -0.4 is 21.3 Å². The minimum atomic E-state index is -0.602. The minimum Gasteiger partial charge on any atom is -0.368 e. The van der Waals surface area contributed by atoms with Crippen molar-refractivity contribution >= 4 is 29.8 Å². The molecular formula is C22H38N4O4. The van der Waals surface area contributed by atoms with E-state index in [1.54, 1.807) is 11.9 Å². The maximum absolute atomic E-state index is 11.7. The Bertz CT molecular complexity index is 697. The van der Waals surface area contributed by atoms with E-state index in [1.165, 1.54) is 6.92 Å². The highest BCUT2D eigenvalue weighted by Gasteiger charge is 2.29. The van der Waals surface area contributed by atoms with Crippen LogP contribution in [0.5, 0.6) is 0 Å². The summed E-state index contributed by atoms with van der Waals surface area (Å²) in [5, 5.41) is 4.76. The van der Waals surface area contributed by atoms with Crippen molar-refractivity contribution in [2.24, 2.45) is 17.1 Å². The number of anilines is 1. The van der Waals surface area contributed by atoms with Crippen LogP contribution in [-0.2, 0) is 19.2 Å². The molecule has 0 unspecified atom stereocenters. The van der Waals surface area contributed by atoms with Crippen LogP contribution in [0.2, 0.25) is 0 Å². The maximum Gasteiger partial charge on any atom is 0.240 e. The van der Waals surface area contributed by atoms with E-state index in [-0.39, 0.29) is 23.1 Å². The monoisotopic (exact) mass is 422 g/mol. The van der Waals surface area contributed by atoms with Crippen molar-refractivity contribution < 1.29 is 19.2 Å². The van der Waals surface area contributed by atoms with Gasteiger partial charge in [-0.25, -0.2) is 0 Å². The Labute approximate surface area is 180 Å². The summed E-state index contributed by atoms with van der Waals surface area (Å²) in [7, 11) is 3.39. The largest absolute Gasteiger partial charge is 0.368 e. The van der Waals surface area contributed by atoms with Gasteiger partial charge in [-0.15, -0.1) is 0 Å². The smallest absolute Gasteiger partial charge is 0.240 e. The lowest BCUT2D eigenvalue weighted by Gasteiger charge is -2.28. The van der Waals surface area contributed by atoms with Gasteiger partial charge in [-0.1, -0.05) is 52.8 Å². The molecule has 4 N–H and O–H groups in total. The standard InChI is InChI=1S/C12H17NO.C8H16N2O2.C2H5NO/c1-9(2)12(14)13(4)11-8-6-5-7-10(11)3;1-5(11)10-6(7(9)12)8(2,3)4;1-3-2-4/h5-9H,1-4H3;6H,1-4H3,(H2,9,12)(H,10,11);2H,1H3,(H,3,4)/t;6-;/m.1./s1. The minimum absolute atomic E-state index is 0.0413. The Kier molecular flexibility index (Phi) is 13.8. The average molecular weight is 423 g/mol. The molecule has 0 aromatic heterocycles. The molecule has 4 amide bonds. The van der Waals surface area contributed by atoms with Gasteiger partial charge in [0.15, 0.2) is 0 Å². The summed E-state index contributed by atoms with van der Waals surface area (Å²) < 4.78 is 0. The number of para-hydroxylation sites is 1. The van der Waals surface area contributed by atoms with E-state index in [1.807, 2.05) is 72.9 Å². The molecule has 0 aliphatic carbocycles. The fourth-order valence-corrected chi connectivity index (χ4v) is 2.36. The first-order chi connectivity index (χ1) is 13.7. The summed E-state index contributed by atoms with van der Waals surface area (Å²) in [6, 6.07) is 7.31. The number of nitrogens with zero attached hydrogens (tertiary/aromatic N) is 1. The molecule has 1 aromatic carbocycles. The summed E-state index contributed by atoms with van der Waals surface area (Å²) in [6.45, 7) is 12.7. The fraction of sp³-hybridized carbons (Fsp3) is 0.545. The highest BCUT2D eigenvalue weighted by Crippen LogP contribution is 2.19. The molecule has 170 valence electrons. The SMILES string of the molecule is CC(=O)N[C@H](C(N)=O)C(C)(C)C.CNC=O.Cc1ccccc1N(C)C(=O)C(C)C. The highest BCUT2D eigenvalue weighted by atomic mass is 16.2. The number of primary amides is 1. The molecule has 8 heteroatoms. The van der Waals surface area contributed by atoms with Gasteiger partial charge < -0.3 is 21.3 Å². The lowest BCUT2D eigenvalue weighted by molar-refractivity contribution is -0.128. The fourth-order valence-electron chi connectivity index (χ4n) is 2.36. The lowest BCUT2D eigenvalue weighted by Crippen LogP contribution is -2.51. The second-order valence-corrected chi connectivity index (χ2v) is 8.15. The zero-order chi connectivity index (χ0) is 24.1. The number of benzene rings is 1. The zero-order valence-electron chi connectivity index (χ0n) is 19.7. The van der Waals surface area contributed by atoms with Crippen molar-refractivity contribution in [1.29, 1.82) is 0 Å². The molecule has 0 radical (unpaired) electrons. The van der Waals surface area contributed by atoms with Crippen molar-refractivity contribution in [3.63, 3.8) is 0 Å². The summed E-state index contributed by atoms with van der Waals surface area (Å²) >= 11 is 0.